The van der Waals surface area contributed by atoms with Gasteiger partial charge in [0.15, 0.2) is 6.29 Å². The Morgan fingerprint density at radius 1 is 1.57 bits per heavy atom. The van der Waals surface area contributed by atoms with Crippen LogP contribution in [0.25, 0.3) is 0 Å². The molecule has 0 aromatic heterocycles. The smallest absolute Gasteiger partial charge is 0.306 e. The highest BCUT2D eigenvalue weighted by Gasteiger charge is 2.31. The normalized spacial score (nSPS) is 32.9. The summed E-state index contributed by atoms with van der Waals surface area (Å²) in [6.07, 6.45) is -0.730. The van der Waals surface area contributed by atoms with Gasteiger partial charge in [0.25, 0.3) is 0 Å². The van der Waals surface area contributed by atoms with Crippen molar-refractivity contribution in [2.45, 2.75) is 44.7 Å². The zero-order valence-corrected chi connectivity index (χ0v) is 8.18. The van der Waals surface area contributed by atoms with Crippen LogP contribution in [-0.4, -0.2) is 41.3 Å². The average Bonchev–Trinajstić information content (AvgIpc) is 2.10. The van der Waals surface area contributed by atoms with E-state index >= 15 is 0 Å². The van der Waals surface area contributed by atoms with Gasteiger partial charge in [-0.1, -0.05) is 0 Å². The number of aliphatic hydroxyl groups excluding tert-OH is 1. The maximum atomic E-state index is 10.4. The van der Waals surface area contributed by atoms with Gasteiger partial charge in [-0.25, -0.2) is 0 Å². The van der Waals surface area contributed by atoms with Crippen molar-refractivity contribution in [3.8, 4) is 0 Å². The first-order valence-corrected chi connectivity index (χ1v) is 4.80. The quantitative estimate of drug-likeness (QED) is 0.691. The third-order valence-corrected chi connectivity index (χ3v) is 2.18. The lowest BCUT2D eigenvalue weighted by atomic mass is 10.0. The number of carbonyl (C=O) groups is 1. The fourth-order valence-electron chi connectivity index (χ4n) is 1.51. The van der Waals surface area contributed by atoms with E-state index in [1.165, 1.54) is 0 Å². The summed E-state index contributed by atoms with van der Waals surface area (Å²) in [6.45, 7) is 2.38. The van der Waals surface area contributed by atoms with Gasteiger partial charge in [-0.3, -0.25) is 4.79 Å². The minimum atomic E-state index is -0.966. The van der Waals surface area contributed by atoms with Crippen LogP contribution >= 0.6 is 0 Å². The standard InChI is InChI=1S/C9H16O5/c1-2-13-9-4-3-6(10)7(14-9)5-8(11)12/h6-7,9-10H,2-5H2,1H3,(H,11,12)/t6-,7+,9-/m0/s1. The number of ether oxygens (including phenoxy) is 2. The van der Waals surface area contributed by atoms with Gasteiger partial charge < -0.3 is 19.7 Å². The van der Waals surface area contributed by atoms with Gasteiger partial charge in [0, 0.05) is 13.0 Å². The number of rotatable bonds is 4. The summed E-state index contributed by atoms with van der Waals surface area (Å²) in [7, 11) is 0. The van der Waals surface area contributed by atoms with Crippen LogP contribution in [0.4, 0.5) is 0 Å². The number of carboxylic acids is 1. The Bertz CT molecular complexity index is 194. The third kappa shape index (κ3) is 3.25. The Morgan fingerprint density at radius 3 is 2.86 bits per heavy atom. The fourth-order valence-corrected chi connectivity index (χ4v) is 1.51. The highest BCUT2D eigenvalue weighted by molar-refractivity contribution is 5.67. The molecular formula is C9H16O5. The van der Waals surface area contributed by atoms with E-state index in [-0.39, 0.29) is 12.7 Å². The van der Waals surface area contributed by atoms with E-state index in [0.717, 1.165) is 0 Å². The van der Waals surface area contributed by atoms with Gasteiger partial charge in [0.1, 0.15) is 0 Å². The first-order chi connectivity index (χ1) is 6.63. The molecule has 1 heterocycles. The predicted octanol–water partition coefficient (Wildman–Crippen LogP) is 0.364. The molecule has 3 atom stereocenters. The number of aliphatic carboxylic acids is 1. The van der Waals surface area contributed by atoms with Crippen LogP contribution in [0.5, 0.6) is 0 Å². The van der Waals surface area contributed by atoms with Crippen LogP contribution in [0.3, 0.4) is 0 Å². The third-order valence-electron chi connectivity index (χ3n) is 2.18. The molecule has 0 amide bonds. The topological polar surface area (TPSA) is 76.0 Å². The number of hydrogen-bond donors (Lipinski definition) is 2. The maximum absolute atomic E-state index is 10.4. The minimum absolute atomic E-state index is 0.176. The van der Waals surface area contributed by atoms with Gasteiger partial charge in [-0.05, 0) is 13.3 Å². The first kappa shape index (κ1) is 11.4. The summed E-state index contributed by atoms with van der Waals surface area (Å²) in [5.74, 6) is -0.966. The van der Waals surface area contributed by atoms with Gasteiger partial charge in [-0.15, -0.1) is 0 Å². The molecule has 0 saturated carbocycles. The molecule has 5 heteroatoms. The molecule has 1 fully saturated rings. The summed E-state index contributed by atoms with van der Waals surface area (Å²) in [5, 5.41) is 18.0. The maximum Gasteiger partial charge on any atom is 0.306 e. The van der Waals surface area contributed by atoms with Crippen molar-refractivity contribution in [1.29, 1.82) is 0 Å². The van der Waals surface area contributed by atoms with Gasteiger partial charge in [0.2, 0.25) is 0 Å². The molecule has 0 bridgehead atoms. The Hall–Kier alpha value is -0.650. The summed E-state index contributed by atoms with van der Waals surface area (Å²) in [4.78, 5) is 10.4. The second-order valence-electron chi connectivity index (χ2n) is 3.30. The molecule has 0 aromatic carbocycles. The molecule has 0 spiro atoms. The zero-order chi connectivity index (χ0) is 10.6. The number of carboxylic acid groups (broad SMARTS) is 1. The predicted molar refractivity (Wildman–Crippen MR) is 47.8 cm³/mol. The summed E-state index contributed by atoms with van der Waals surface area (Å²) < 4.78 is 10.5. The summed E-state index contributed by atoms with van der Waals surface area (Å²) >= 11 is 0. The van der Waals surface area contributed by atoms with Gasteiger partial charge in [0.05, 0.1) is 18.6 Å². The van der Waals surface area contributed by atoms with Crippen molar-refractivity contribution < 1.29 is 24.5 Å². The summed E-state index contributed by atoms with van der Waals surface area (Å²) in [5.41, 5.74) is 0. The molecule has 5 nitrogen and oxygen atoms in total. The number of hydrogen-bond acceptors (Lipinski definition) is 4. The number of aliphatic hydroxyl groups is 1. The second-order valence-corrected chi connectivity index (χ2v) is 3.30. The Balaban J connectivity index is 2.42. The Kier molecular flexibility index (Phi) is 4.31. The molecule has 0 aromatic rings. The van der Waals surface area contributed by atoms with E-state index in [1.54, 1.807) is 0 Å². The van der Waals surface area contributed by atoms with E-state index in [2.05, 4.69) is 0 Å². The van der Waals surface area contributed by atoms with Gasteiger partial charge >= 0.3 is 5.97 Å². The zero-order valence-electron chi connectivity index (χ0n) is 8.18. The van der Waals surface area contributed by atoms with E-state index in [4.69, 9.17) is 14.6 Å². The fraction of sp³-hybridized carbons (Fsp3) is 0.889. The highest BCUT2D eigenvalue weighted by atomic mass is 16.7. The monoisotopic (exact) mass is 204 g/mol. The van der Waals surface area contributed by atoms with E-state index in [1.807, 2.05) is 6.92 Å². The lowest BCUT2D eigenvalue weighted by molar-refractivity contribution is -0.222. The van der Waals surface area contributed by atoms with E-state index in [0.29, 0.717) is 19.4 Å². The molecule has 2 N–H and O–H groups in total. The molecule has 14 heavy (non-hydrogen) atoms. The average molecular weight is 204 g/mol. The van der Waals surface area contributed by atoms with Crippen molar-refractivity contribution in [3.63, 3.8) is 0 Å². The van der Waals surface area contributed by atoms with Crippen LogP contribution in [0, 0.1) is 0 Å². The van der Waals surface area contributed by atoms with Gasteiger partial charge in [-0.2, -0.15) is 0 Å². The van der Waals surface area contributed by atoms with Crippen LogP contribution in [-0.2, 0) is 14.3 Å². The Labute approximate surface area is 82.6 Å². The molecule has 0 radical (unpaired) electrons. The van der Waals surface area contributed by atoms with Crippen LogP contribution in [0.15, 0.2) is 0 Å². The molecule has 1 aliphatic rings. The first-order valence-electron chi connectivity index (χ1n) is 4.80. The second kappa shape index (κ2) is 5.29. The van der Waals surface area contributed by atoms with Crippen LogP contribution in [0.1, 0.15) is 26.2 Å². The Morgan fingerprint density at radius 2 is 2.29 bits per heavy atom. The van der Waals surface area contributed by atoms with Crippen molar-refractivity contribution in [3.05, 3.63) is 0 Å². The molecule has 0 aliphatic carbocycles. The SMILES string of the molecule is CCO[C@@H]1CC[C@H](O)[C@@H](CC(=O)O)O1. The van der Waals surface area contributed by atoms with E-state index < -0.39 is 18.2 Å². The van der Waals surface area contributed by atoms with E-state index in [9.17, 15) is 9.90 Å². The molecular weight excluding hydrogens is 188 g/mol. The summed E-state index contributed by atoms with van der Waals surface area (Å²) in [6, 6.07) is 0. The molecule has 1 saturated heterocycles. The lowest BCUT2D eigenvalue weighted by Gasteiger charge is -2.32. The largest absolute Gasteiger partial charge is 0.481 e. The van der Waals surface area contributed by atoms with Crippen molar-refractivity contribution in [1.82, 2.24) is 0 Å². The lowest BCUT2D eigenvalue weighted by Crippen LogP contribution is -2.41. The van der Waals surface area contributed by atoms with Crippen molar-refractivity contribution >= 4 is 5.97 Å². The molecule has 0 unspecified atom stereocenters. The van der Waals surface area contributed by atoms with Crippen molar-refractivity contribution in [2.24, 2.45) is 0 Å². The van der Waals surface area contributed by atoms with Crippen molar-refractivity contribution in [2.75, 3.05) is 6.61 Å². The minimum Gasteiger partial charge on any atom is -0.481 e. The molecule has 82 valence electrons. The highest BCUT2D eigenvalue weighted by Crippen LogP contribution is 2.22. The van der Waals surface area contributed by atoms with Crippen LogP contribution < -0.4 is 0 Å². The molecule has 1 aliphatic heterocycles. The molecule has 1 rings (SSSR count). The van der Waals surface area contributed by atoms with Crippen LogP contribution in [0.2, 0.25) is 0 Å².